The first-order valence-corrected chi connectivity index (χ1v) is 8.01. The van der Waals surface area contributed by atoms with Crippen molar-refractivity contribution in [1.29, 1.82) is 0 Å². The molecule has 0 saturated carbocycles. The molecule has 0 saturated heterocycles. The Bertz CT molecular complexity index is 977. The minimum Gasteiger partial charge on any atom is -0.478 e. The number of aromatic nitrogens is 2. The first kappa shape index (κ1) is 17.2. The van der Waals surface area contributed by atoms with Crippen molar-refractivity contribution in [3.05, 3.63) is 59.8 Å². The molecule has 0 aliphatic carbocycles. The van der Waals surface area contributed by atoms with Crippen LogP contribution in [0.3, 0.4) is 0 Å². The number of carbonyl (C=O) groups excluding carboxylic acids is 1. The number of fused-ring (bicyclic) bond motifs is 1. The predicted octanol–water partition coefficient (Wildman–Crippen LogP) is 3.76. The monoisotopic (exact) mass is 351 g/mol. The SMILES string of the molecule is CCOC(=O)Nc1ccc2c(C=C(C(=O)O)c3ccccc3)c[nH]c2n1. The van der Waals surface area contributed by atoms with E-state index in [0.717, 1.165) is 5.39 Å². The zero-order valence-electron chi connectivity index (χ0n) is 14.0. The van der Waals surface area contributed by atoms with Crippen LogP contribution in [-0.2, 0) is 9.53 Å². The number of anilines is 1. The fourth-order valence-electron chi connectivity index (χ4n) is 2.53. The quantitative estimate of drug-likeness (QED) is 0.607. The molecule has 0 fully saturated rings. The third-order valence-electron chi connectivity index (χ3n) is 3.69. The minimum absolute atomic E-state index is 0.181. The number of aromatic amines is 1. The Morgan fingerprint density at radius 1 is 1.23 bits per heavy atom. The van der Waals surface area contributed by atoms with E-state index in [0.29, 0.717) is 22.6 Å². The number of hydrogen-bond donors (Lipinski definition) is 3. The van der Waals surface area contributed by atoms with Gasteiger partial charge in [-0.2, -0.15) is 0 Å². The van der Waals surface area contributed by atoms with Gasteiger partial charge in [0.15, 0.2) is 0 Å². The molecule has 3 aromatic rings. The molecule has 7 heteroatoms. The lowest BCUT2D eigenvalue weighted by molar-refractivity contribution is -0.130. The van der Waals surface area contributed by atoms with Crippen LogP contribution >= 0.6 is 0 Å². The highest BCUT2D eigenvalue weighted by Crippen LogP contribution is 2.24. The summed E-state index contributed by atoms with van der Waals surface area (Å²) in [6.07, 6.45) is 2.69. The van der Waals surface area contributed by atoms with Gasteiger partial charge in [-0.05, 0) is 30.7 Å². The van der Waals surface area contributed by atoms with Crippen molar-refractivity contribution in [3.63, 3.8) is 0 Å². The standard InChI is InChI=1S/C19H17N3O4/c1-2-26-19(25)22-16-9-8-14-13(11-20-17(14)21-16)10-15(18(23)24)12-6-4-3-5-7-12/h3-11H,2H2,1H3,(H,23,24)(H2,20,21,22,25). The number of carboxylic acid groups (broad SMARTS) is 1. The van der Waals surface area contributed by atoms with Gasteiger partial charge in [0.05, 0.1) is 12.2 Å². The van der Waals surface area contributed by atoms with Crippen molar-refractivity contribution >= 4 is 40.6 Å². The number of ether oxygens (including phenoxy) is 1. The van der Waals surface area contributed by atoms with Crippen LogP contribution in [0.25, 0.3) is 22.7 Å². The van der Waals surface area contributed by atoms with Crippen LogP contribution < -0.4 is 5.32 Å². The largest absolute Gasteiger partial charge is 0.478 e. The van der Waals surface area contributed by atoms with E-state index in [1.807, 2.05) is 6.07 Å². The maximum absolute atomic E-state index is 11.6. The topological polar surface area (TPSA) is 104 Å². The zero-order valence-corrected chi connectivity index (χ0v) is 14.0. The fraction of sp³-hybridized carbons (Fsp3) is 0.105. The third kappa shape index (κ3) is 3.72. The zero-order chi connectivity index (χ0) is 18.5. The van der Waals surface area contributed by atoms with E-state index in [1.165, 1.54) is 0 Å². The van der Waals surface area contributed by atoms with Gasteiger partial charge in [-0.3, -0.25) is 5.32 Å². The number of H-pyrrole nitrogens is 1. The molecule has 26 heavy (non-hydrogen) atoms. The van der Waals surface area contributed by atoms with E-state index in [2.05, 4.69) is 15.3 Å². The highest BCUT2D eigenvalue weighted by atomic mass is 16.5. The summed E-state index contributed by atoms with van der Waals surface area (Å²) in [5.41, 5.74) is 2.02. The van der Waals surface area contributed by atoms with E-state index in [-0.39, 0.29) is 12.2 Å². The van der Waals surface area contributed by atoms with Crippen molar-refractivity contribution in [2.75, 3.05) is 11.9 Å². The summed E-state index contributed by atoms with van der Waals surface area (Å²) in [5.74, 6) is -0.672. The first-order chi connectivity index (χ1) is 12.6. The number of aliphatic carboxylic acids is 1. The summed E-state index contributed by atoms with van der Waals surface area (Å²) in [6.45, 7) is 1.98. The number of rotatable bonds is 5. The molecule has 3 rings (SSSR count). The summed E-state index contributed by atoms with van der Waals surface area (Å²) in [7, 11) is 0. The number of amides is 1. The normalized spacial score (nSPS) is 11.3. The maximum atomic E-state index is 11.6. The van der Waals surface area contributed by atoms with Crippen LogP contribution in [0.4, 0.5) is 10.6 Å². The summed E-state index contributed by atoms with van der Waals surface area (Å²) < 4.78 is 4.82. The van der Waals surface area contributed by atoms with Crippen LogP contribution in [-0.4, -0.2) is 33.7 Å². The molecule has 7 nitrogen and oxygen atoms in total. The van der Waals surface area contributed by atoms with Crippen molar-refractivity contribution in [1.82, 2.24) is 9.97 Å². The summed E-state index contributed by atoms with van der Waals surface area (Å²) in [5, 5.41) is 12.8. The van der Waals surface area contributed by atoms with Crippen LogP contribution in [0, 0.1) is 0 Å². The molecule has 0 unspecified atom stereocenters. The van der Waals surface area contributed by atoms with Gasteiger partial charge in [0.1, 0.15) is 11.5 Å². The van der Waals surface area contributed by atoms with Gasteiger partial charge in [0, 0.05) is 17.1 Å². The average molecular weight is 351 g/mol. The second kappa shape index (κ2) is 7.52. The summed E-state index contributed by atoms with van der Waals surface area (Å²) in [6, 6.07) is 12.3. The lowest BCUT2D eigenvalue weighted by atomic mass is 10.0. The molecule has 0 spiro atoms. The number of pyridine rings is 1. The van der Waals surface area contributed by atoms with Crippen LogP contribution in [0.1, 0.15) is 18.1 Å². The van der Waals surface area contributed by atoms with Crippen molar-refractivity contribution in [3.8, 4) is 0 Å². The predicted molar refractivity (Wildman–Crippen MR) is 98.7 cm³/mol. The Hall–Kier alpha value is -3.61. The molecule has 2 heterocycles. The molecule has 2 aromatic heterocycles. The van der Waals surface area contributed by atoms with Gasteiger partial charge in [-0.25, -0.2) is 14.6 Å². The molecule has 3 N–H and O–H groups in total. The van der Waals surface area contributed by atoms with Crippen molar-refractivity contribution in [2.45, 2.75) is 6.92 Å². The van der Waals surface area contributed by atoms with E-state index in [4.69, 9.17) is 4.74 Å². The van der Waals surface area contributed by atoms with Crippen molar-refractivity contribution in [2.24, 2.45) is 0 Å². The summed E-state index contributed by atoms with van der Waals surface area (Å²) in [4.78, 5) is 30.4. The molecule has 0 radical (unpaired) electrons. The molecule has 1 aromatic carbocycles. The Balaban J connectivity index is 1.95. The molecular weight excluding hydrogens is 334 g/mol. The maximum Gasteiger partial charge on any atom is 0.412 e. The second-order valence-electron chi connectivity index (χ2n) is 5.41. The van der Waals surface area contributed by atoms with E-state index in [1.54, 1.807) is 55.6 Å². The van der Waals surface area contributed by atoms with Gasteiger partial charge in [-0.15, -0.1) is 0 Å². The molecular formula is C19H17N3O4. The van der Waals surface area contributed by atoms with E-state index >= 15 is 0 Å². The molecule has 1 amide bonds. The third-order valence-corrected chi connectivity index (χ3v) is 3.69. The minimum atomic E-state index is -1.01. The van der Waals surface area contributed by atoms with Gasteiger partial charge in [-0.1, -0.05) is 30.3 Å². The highest BCUT2D eigenvalue weighted by Gasteiger charge is 2.13. The molecule has 0 atom stereocenters. The van der Waals surface area contributed by atoms with E-state index in [9.17, 15) is 14.7 Å². The number of carbonyl (C=O) groups is 2. The van der Waals surface area contributed by atoms with Gasteiger partial charge in [0.25, 0.3) is 0 Å². The highest BCUT2D eigenvalue weighted by molar-refractivity contribution is 6.21. The smallest absolute Gasteiger partial charge is 0.412 e. The Morgan fingerprint density at radius 2 is 2.00 bits per heavy atom. The lowest BCUT2D eigenvalue weighted by Gasteiger charge is -2.04. The molecule has 0 bridgehead atoms. The fourth-order valence-corrected chi connectivity index (χ4v) is 2.53. The number of hydrogen-bond acceptors (Lipinski definition) is 4. The molecule has 132 valence electrons. The number of nitrogens with one attached hydrogen (secondary N) is 2. The second-order valence-corrected chi connectivity index (χ2v) is 5.41. The van der Waals surface area contributed by atoms with Gasteiger partial charge in [0.2, 0.25) is 0 Å². The number of benzene rings is 1. The number of carboxylic acids is 1. The van der Waals surface area contributed by atoms with Crippen LogP contribution in [0.2, 0.25) is 0 Å². The first-order valence-electron chi connectivity index (χ1n) is 8.01. The van der Waals surface area contributed by atoms with Gasteiger partial charge < -0.3 is 14.8 Å². The summed E-state index contributed by atoms with van der Waals surface area (Å²) >= 11 is 0. The van der Waals surface area contributed by atoms with Crippen molar-refractivity contribution < 1.29 is 19.4 Å². The van der Waals surface area contributed by atoms with Gasteiger partial charge >= 0.3 is 12.1 Å². The Kier molecular flexibility index (Phi) is 4.98. The average Bonchev–Trinajstić information content (AvgIpc) is 3.02. The van der Waals surface area contributed by atoms with Crippen LogP contribution in [0.5, 0.6) is 0 Å². The Labute approximate surface area is 149 Å². The molecule has 0 aliphatic rings. The lowest BCUT2D eigenvalue weighted by Crippen LogP contribution is -2.14. The van der Waals surface area contributed by atoms with Crippen LogP contribution in [0.15, 0.2) is 48.7 Å². The molecule has 0 aliphatic heterocycles. The number of nitrogens with zero attached hydrogens (tertiary/aromatic N) is 1. The van der Waals surface area contributed by atoms with E-state index < -0.39 is 12.1 Å². The Morgan fingerprint density at radius 3 is 2.69 bits per heavy atom.